The van der Waals surface area contributed by atoms with Crippen molar-refractivity contribution in [2.24, 2.45) is 0 Å². The van der Waals surface area contributed by atoms with Gasteiger partial charge in [-0.2, -0.15) is 10.4 Å². The standard InChI is InChI=1S/C16H9ClF2N4/c17-9-1-4-11(5-2-9)23-16(21)13(8-20)15(22-23)12-6-3-10(18)7-14(12)19/h1-7H,21H2. The Hall–Kier alpha value is -2.91. The molecule has 0 aliphatic rings. The lowest BCUT2D eigenvalue weighted by molar-refractivity contribution is 0.585. The summed E-state index contributed by atoms with van der Waals surface area (Å²) in [6, 6.07) is 11.6. The zero-order valence-corrected chi connectivity index (χ0v) is 12.4. The van der Waals surface area contributed by atoms with Crippen molar-refractivity contribution in [3.63, 3.8) is 0 Å². The summed E-state index contributed by atoms with van der Waals surface area (Å²) >= 11 is 5.84. The molecular weight excluding hydrogens is 322 g/mol. The molecule has 0 saturated carbocycles. The summed E-state index contributed by atoms with van der Waals surface area (Å²) in [5.41, 5.74) is 6.59. The quantitative estimate of drug-likeness (QED) is 0.774. The van der Waals surface area contributed by atoms with Crippen LogP contribution in [0.2, 0.25) is 5.02 Å². The third-order valence-electron chi connectivity index (χ3n) is 3.29. The van der Waals surface area contributed by atoms with Crippen molar-refractivity contribution in [2.45, 2.75) is 0 Å². The maximum Gasteiger partial charge on any atom is 0.145 e. The Kier molecular flexibility index (Phi) is 3.72. The number of halogens is 3. The largest absolute Gasteiger partial charge is 0.382 e. The van der Waals surface area contributed by atoms with E-state index in [9.17, 15) is 14.0 Å². The third-order valence-corrected chi connectivity index (χ3v) is 3.54. The van der Waals surface area contributed by atoms with Crippen LogP contribution >= 0.6 is 11.6 Å². The molecular formula is C16H9ClF2N4. The van der Waals surface area contributed by atoms with Gasteiger partial charge >= 0.3 is 0 Å². The number of nitrogen functional groups attached to an aromatic ring is 1. The maximum atomic E-state index is 14.0. The fourth-order valence-electron chi connectivity index (χ4n) is 2.19. The molecule has 2 N–H and O–H groups in total. The summed E-state index contributed by atoms with van der Waals surface area (Å²) in [6.45, 7) is 0. The van der Waals surface area contributed by atoms with E-state index in [4.69, 9.17) is 17.3 Å². The fraction of sp³-hybridized carbons (Fsp3) is 0. The zero-order valence-electron chi connectivity index (χ0n) is 11.6. The van der Waals surface area contributed by atoms with Crippen LogP contribution in [0.15, 0.2) is 42.5 Å². The molecule has 0 unspecified atom stereocenters. The number of nitriles is 1. The molecule has 0 saturated heterocycles. The lowest BCUT2D eigenvalue weighted by Gasteiger charge is -2.03. The van der Waals surface area contributed by atoms with E-state index in [0.29, 0.717) is 10.7 Å². The molecule has 1 heterocycles. The highest BCUT2D eigenvalue weighted by Gasteiger charge is 2.20. The molecule has 4 nitrogen and oxygen atoms in total. The second kappa shape index (κ2) is 5.71. The van der Waals surface area contributed by atoms with Crippen molar-refractivity contribution in [3.05, 3.63) is 64.7 Å². The van der Waals surface area contributed by atoms with E-state index in [1.54, 1.807) is 24.3 Å². The lowest BCUT2D eigenvalue weighted by atomic mass is 10.1. The van der Waals surface area contributed by atoms with E-state index in [1.165, 1.54) is 10.7 Å². The first-order chi connectivity index (χ1) is 11.0. The maximum absolute atomic E-state index is 14.0. The molecule has 7 heteroatoms. The molecule has 0 bridgehead atoms. The van der Waals surface area contributed by atoms with E-state index in [1.807, 2.05) is 6.07 Å². The van der Waals surface area contributed by atoms with Crippen molar-refractivity contribution in [1.82, 2.24) is 9.78 Å². The van der Waals surface area contributed by atoms with Gasteiger partial charge in [0.2, 0.25) is 0 Å². The molecule has 0 amide bonds. The molecule has 0 fully saturated rings. The van der Waals surface area contributed by atoms with Crippen LogP contribution in [0.4, 0.5) is 14.6 Å². The summed E-state index contributed by atoms with van der Waals surface area (Å²) in [5, 5.41) is 14.0. The number of nitrogens with zero attached hydrogens (tertiary/aromatic N) is 3. The Morgan fingerprint density at radius 1 is 1.13 bits per heavy atom. The van der Waals surface area contributed by atoms with Crippen molar-refractivity contribution < 1.29 is 8.78 Å². The van der Waals surface area contributed by atoms with Crippen LogP contribution in [-0.2, 0) is 0 Å². The van der Waals surface area contributed by atoms with E-state index >= 15 is 0 Å². The predicted molar refractivity (Wildman–Crippen MR) is 83.1 cm³/mol. The van der Waals surface area contributed by atoms with Gasteiger partial charge in [0, 0.05) is 16.7 Å². The van der Waals surface area contributed by atoms with Gasteiger partial charge in [0.1, 0.15) is 34.8 Å². The van der Waals surface area contributed by atoms with Crippen LogP contribution in [0.25, 0.3) is 16.9 Å². The fourth-order valence-corrected chi connectivity index (χ4v) is 2.32. The molecule has 23 heavy (non-hydrogen) atoms. The molecule has 0 radical (unpaired) electrons. The van der Waals surface area contributed by atoms with Crippen LogP contribution in [-0.4, -0.2) is 9.78 Å². The monoisotopic (exact) mass is 330 g/mol. The molecule has 3 aromatic rings. The lowest BCUT2D eigenvalue weighted by Crippen LogP contribution is -2.02. The minimum Gasteiger partial charge on any atom is -0.382 e. The van der Waals surface area contributed by atoms with Gasteiger partial charge in [0.05, 0.1) is 5.69 Å². The van der Waals surface area contributed by atoms with Crippen molar-refractivity contribution in [1.29, 1.82) is 5.26 Å². The Bertz CT molecular complexity index is 926. The van der Waals surface area contributed by atoms with Gasteiger partial charge in [-0.25, -0.2) is 13.5 Å². The highest BCUT2D eigenvalue weighted by Crippen LogP contribution is 2.30. The molecule has 114 valence electrons. The average molecular weight is 331 g/mol. The van der Waals surface area contributed by atoms with E-state index in [2.05, 4.69) is 5.10 Å². The SMILES string of the molecule is N#Cc1c(-c2ccc(F)cc2F)nn(-c2ccc(Cl)cc2)c1N. The Morgan fingerprint density at radius 3 is 2.43 bits per heavy atom. The van der Waals surface area contributed by atoms with Gasteiger partial charge in [-0.05, 0) is 36.4 Å². The van der Waals surface area contributed by atoms with Crippen LogP contribution < -0.4 is 5.73 Å². The molecule has 2 aromatic carbocycles. The third kappa shape index (κ3) is 2.62. The normalized spacial score (nSPS) is 10.5. The van der Waals surface area contributed by atoms with E-state index in [-0.39, 0.29) is 22.6 Å². The zero-order chi connectivity index (χ0) is 16.6. The molecule has 0 spiro atoms. The van der Waals surface area contributed by atoms with Crippen LogP contribution in [0.1, 0.15) is 5.56 Å². The molecule has 1 aromatic heterocycles. The van der Waals surface area contributed by atoms with Crippen molar-refractivity contribution >= 4 is 17.4 Å². The second-order valence-corrected chi connectivity index (χ2v) is 5.17. The van der Waals surface area contributed by atoms with Gasteiger partial charge in [-0.15, -0.1) is 0 Å². The van der Waals surface area contributed by atoms with Gasteiger partial charge < -0.3 is 5.73 Å². The number of hydrogen-bond donors (Lipinski definition) is 1. The highest BCUT2D eigenvalue weighted by atomic mass is 35.5. The topological polar surface area (TPSA) is 67.6 Å². The molecule has 0 atom stereocenters. The summed E-state index contributed by atoms with van der Waals surface area (Å²) in [7, 11) is 0. The summed E-state index contributed by atoms with van der Waals surface area (Å²) in [4.78, 5) is 0. The Morgan fingerprint density at radius 2 is 1.83 bits per heavy atom. The van der Waals surface area contributed by atoms with Crippen molar-refractivity contribution in [3.8, 4) is 23.0 Å². The minimum absolute atomic E-state index is 0.00219. The second-order valence-electron chi connectivity index (χ2n) is 4.73. The first-order valence-electron chi connectivity index (χ1n) is 6.51. The predicted octanol–water partition coefficient (Wildman–Crippen LogP) is 3.92. The van der Waals surface area contributed by atoms with Crippen LogP contribution in [0, 0.1) is 23.0 Å². The minimum atomic E-state index is -0.817. The summed E-state index contributed by atoms with van der Waals surface area (Å²) in [6.07, 6.45) is 0. The van der Waals surface area contributed by atoms with E-state index < -0.39 is 11.6 Å². The van der Waals surface area contributed by atoms with Crippen LogP contribution in [0.3, 0.4) is 0 Å². The first-order valence-corrected chi connectivity index (χ1v) is 6.89. The van der Waals surface area contributed by atoms with Gasteiger partial charge in [0.25, 0.3) is 0 Å². The number of benzene rings is 2. The average Bonchev–Trinajstić information content (AvgIpc) is 2.84. The highest BCUT2D eigenvalue weighted by molar-refractivity contribution is 6.30. The van der Waals surface area contributed by atoms with Crippen LogP contribution in [0.5, 0.6) is 0 Å². The first kappa shape index (κ1) is 15.0. The molecule has 0 aliphatic carbocycles. The number of hydrogen-bond acceptors (Lipinski definition) is 3. The van der Waals surface area contributed by atoms with Crippen molar-refractivity contribution in [2.75, 3.05) is 5.73 Å². The number of rotatable bonds is 2. The number of aromatic nitrogens is 2. The Labute approximate surface area is 135 Å². The summed E-state index contributed by atoms with van der Waals surface area (Å²) in [5.74, 6) is -1.47. The number of anilines is 1. The summed E-state index contributed by atoms with van der Waals surface area (Å²) < 4.78 is 28.4. The van der Waals surface area contributed by atoms with Gasteiger partial charge in [-0.3, -0.25) is 0 Å². The molecule has 0 aliphatic heterocycles. The number of nitrogens with two attached hydrogens (primary N) is 1. The smallest absolute Gasteiger partial charge is 0.145 e. The molecule has 3 rings (SSSR count). The Balaban J connectivity index is 2.21. The van der Waals surface area contributed by atoms with Gasteiger partial charge in [0.15, 0.2) is 0 Å². The van der Waals surface area contributed by atoms with E-state index in [0.717, 1.165) is 12.1 Å². The van der Waals surface area contributed by atoms with Gasteiger partial charge in [-0.1, -0.05) is 11.6 Å².